The number of aromatic nitrogens is 2. The lowest BCUT2D eigenvalue weighted by Crippen LogP contribution is -2.23. The smallest absolute Gasteiger partial charge is 0.229 e. The Morgan fingerprint density at radius 2 is 2.27 bits per heavy atom. The molecule has 5 nitrogen and oxygen atoms in total. The lowest BCUT2D eigenvalue weighted by atomic mass is 10.1. The third-order valence-corrected chi connectivity index (χ3v) is 4.22. The summed E-state index contributed by atoms with van der Waals surface area (Å²) in [6.07, 6.45) is 2.04. The van der Waals surface area contributed by atoms with E-state index >= 15 is 0 Å². The Balaban J connectivity index is 1.89. The molecule has 2 aromatic rings. The van der Waals surface area contributed by atoms with Crippen LogP contribution in [0.3, 0.4) is 0 Å². The highest BCUT2D eigenvalue weighted by atomic mass is 35.5. The summed E-state index contributed by atoms with van der Waals surface area (Å²) in [6, 6.07) is 7.69. The zero-order valence-corrected chi connectivity index (χ0v) is 13.3. The van der Waals surface area contributed by atoms with E-state index in [1.807, 2.05) is 26.0 Å². The SMILES string of the molecule is CC(C)c1nc(C2CCCN2c2ccc(C#N)c(Cl)c2)no1. The van der Waals surface area contributed by atoms with E-state index in [9.17, 15) is 0 Å². The molecule has 3 rings (SSSR count). The van der Waals surface area contributed by atoms with E-state index in [1.54, 1.807) is 6.07 Å². The number of nitriles is 1. The highest BCUT2D eigenvalue weighted by Gasteiger charge is 2.30. The third-order valence-electron chi connectivity index (χ3n) is 3.91. The van der Waals surface area contributed by atoms with Crippen molar-refractivity contribution in [1.29, 1.82) is 5.26 Å². The second-order valence-corrected chi connectivity index (χ2v) is 6.18. The Labute approximate surface area is 134 Å². The maximum Gasteiger partial charge on any atom is 0.229 e. The fourth-order valence-electron chi connectivity index (χ4n) is 2.73. The van der Waals surface area contributed by atoms with E-state index in [4.69, 9.17) is 21.4 Å². The van der Waals surface area contributed by atoms with Gasteiger partial charge in [-0.05, 0) is 31.0 Å². The molecule has 1 unspecified atom stereocenters. The van der Waals surface area contributed by atoms with Gasteiger partial charge in [0.2, 0.25) is 5.89 Å². The largest absolute Gasteiger partial charge is 0.361 e. The zero-order valence-electron chi connectivity index (χ0n) is 12.6. The minimum atomic E-state index is 0.0975. The van der Waals surface area contributed by atoms with Gasteiger partial charge in [-0.25, -0.2) is 0 Å². The maximum absolute atomic E-state index is 8.98. The van der Waals surface area contributed by atoms with Crippen LogP contribution in [-0.4, -0.2) is 16.7 Å². The van der Waals surface area contributed by atoms with Crippen molar-refractivity contribution in [3.8, 4) is 6.07 Å². The highest BCUT2D eigenvalue weighted by Crippen LogP contribution is 2.36. The summed E-state index contributed by atoms with van der Waals surface area (Å²) in [6.45, 7) is 4.98. The molecule has 2 heterocycles. The fourth-order valence-corrected chi connectivity index (χ4v) is 2.95. The van der Waals surface area contributed by atoms with Crippen LogP contribution < -0.4 is 4.90 Å². The average molecular weight is 317 g/mol. The standard InChI is InChI=1S/C16H17ClN4O/c1-10(2)16-19-15(20-22-16)14-4-3-7-21(14)12-6-5-11(9-18)13(17)8-12/h5-6,8,10,14H,3-4,7H2,1-2H3. The number of hydrogen-bond donors (Lipinski definition) is 0. The van der Waals surface area contributed by atoms with Gasteiger partial charge in [0.1, 0.15) is 6.07 Å². The van der Waals surface area contributed by atoms with Crippen molar-refractivity contribution in [2.24, 2.45) is 0 Å². The van der Waals surface area contributed by atoms with E-state index < -0.39 is 0 Å². The van der Waals surface area contributed by atoms with Crippen LogP contribution in [0.15, 0.2) is 22.7 Å². The highest BCUT2D eigenvalue weighted by molar-refractivity contribution is 6.32. The van der Waals surface area contributed by atoms with Crippen molar-refractivity contribution in [3.63, 3.8) is 0 Å². The molecule has 22 heavy (non-hydrogen) atoms. The average Bonchev–Trinajstić information content (AvgIpc) is 3.15. The van der Waals surface area contributed by atoms with Crippen LogP contribution in [0.25, 0.3) is 0 Å². The van der Waals surface area contributed by atoms with Gasteiger partial charge in [0.05, 0.1) is 16.6 Å². The second-order valence-electron chi connectivity index (χ2n) is 5.77. The normalized spacial score (nSPS) is 18.0. The Morgan fingerprint density at radius 1 is 1.45 bits per heavy atom. The Morgan fingerprint density at radius 3 is 2.91 bits per heavy atom. The number of nitrogens with zero attached hydrogens (tertiary/aromatic N) is 4. The van der Waals surface area contributed by atoms with Crippen molar-refractivity contribution < 1.29 is 4.52 Å². The summed E-state index contributed by atoms with van der Waals surface area (Å²) in [5.41, 5.74) is 1.48. The van der Waals surface area contributed by atoms with E-state index in [1.165, 1.54) is 0 Å². The van der Waals surface area contributed by atoms with Crippen molar-refractivity contribution in [1.82, 2.24) is 10.1 Å². The maximum atomic E-state index is 8.98. The summed E-state index contributed by atoms with van der Waals surface area (Å²) in [4.78, 5) is 6.74. The molecule has 1 aliphatic heterocycles. The van der Waals surface area contributed by atoms with Crippen LogP contribution in [0.5, 0.6) is 0 Å². The monoisotopic (exact) mass is 316 g/mol. The molecule has 1 fully saturated rings. The van der Waals surface area contributed by atoms with Gasteiger partial charge >= 0.3 is 0 Å². The fraction of sp³-hybridized carbons (Fsp3) is 0.438. The molecule has 0 aliphatic carbocycles. The minimum Gasteiger partial charge on any atom is -0.361 e. The molecule has 114 valence electrons. The van der Waals surface area contributed by atoms with Crippen molar-refractivity contribution in [2.75, 3.05) is 11.4 Å². The van der Waals surface area contributed by atoms with Crippen LogP contribution in [0.4, 0.5) is 5.69 Å². The van der Waals surface area contributed by atoms with Crippen molar-refractivity contribution in [3.05, 3.63) is 40.5 Å². The molecular weight excluding hydrogens is 300 g/mol. The molecule has 0 N–H and O–H groups in total. The first-order chi connectivity index (χ1) is 10.6. The summed E-state index contributed by atoms with van der Waals surface area (Å²) >= 11 is 6.15. The topological polar surface area (TPSA) is 66.0 Å². The predicted molar refractivity (Wildman–Crippen MR) is 83.9 cm³/mol. The molecule has 0 spiro atoms. The number of benzene rings is 1. The first-order valence-corrected chi connectivity index (χ1v) is 7.77. The molecule has 0 radical (unpaired) electrons. The molecule has 1 aromatic carbocycles. The van der Waals surface area contributed by atoms with Gasteiger partial charge < -0.3 is 9.42 Å². The molecular formula is C16H17ClN4O. The zero-order chi connectivity index (χ0) is 15.7. The summed E-state index contributed by atoms with van der Waals surface area (Å²) < 4.78 is 5.33. The molecule has 0 saturated carbocycles. The third kappa shape index (κ3) is 2.67. The van der Waals surface area contributed by atoms with Gasteiger partial charge in [-0.2, -0.15) is 10.2 Å². The minimum absolute atomic E-state index is 0.0975. The number of anilines is 1. The van der Waals surface area contributed by atoms with Crippen LogP contribution in [0.2, 0.25) is 5.02 Å². The summed E-state index contributed by atoms with van der Waals surface area (Å²) in [5.74, 6) is 1.61. The molecule has 1 saturated heterocycles. The summed E-state index contributed by atoms with van der Waals surface area (Å²) in [5, 5.41) is 13.6. The van der Waals surface area contributed by atoms with Gasteiger partial charge in [0.15, 0.2) is 5.82 Å². The van der Waals surface area contributed by atoms with Gasteiger partial charge in [-0.3, -0.25) is 0 Å². The molecule has 0 amide bonds. The first kappa shape index (κ1) is 14.9. The van der Waals surface area contributed by atoms with Crippen LogP contribution >= 0.6 is 11.6 Å². The molecule has 1 aliphatic rings. The Kier molecular flexibility index (Phi) is 4.04. The Hall–Kier alpha value is -2.06. The van der Waals surface area contributed by atoms with E-state index in [0.717, 1.165) is 30.9 Å². The van der Waals surface area contributed by atoms with E-state index in [0.29, 0.717) is 16.5 Å². The summed E-state index contributed by atoms with van der Waals surface area (Å²) in [7, 11) is 0. The molecule has 6 heteroatoms. The lowest BCUT2D eigenvalue weighted by Gasteiger charge is -2.24. The molecule has 1 atom stereocenters. The predicted octanol–water partition coefficient (Wildman–Crippen LogP) is 4.06. The number of hydrogen-bond acceptors (Lipinski definition) is 5. The second kappa shape index (κ2) is 5.98. The van der Waals surface area contributed by atoms with E-state index in [-0.39, 0.29) is 12.0 Å². The Bertz CT molecular complexity index is 719. The lowest BCUT2D eigenvalue weighted by molar-refractivity contribution is 0.358. The van der Waals surface area contributed by atoms with Crippen molar-refractivity contribution >= 4 is 17.3 Å². The van der Waals surface area contributed by atoms with Gasteiger partial charge in [-0.1, -0.05) is 30.6 Å². The molecule has 0 bridgehead atoms. The van der Waals surface area contributed by atoms with Crippen molar-refractivity contribution in [2.45, 2.75) is 38.6 Å². The van der Waals surface area contributed by atoms with E-state index in [2.05, 4.69) is 21.1 Å². The van der Waals surface area contributed by atoms with Gasteiger partial charge in [-0.15, -0.1) is 0 Å². The number of halogens is 1. The first-order valence-electron chi connectivity index (χ1n) is 7.40. The van der Waals surface area contributed by atoms with Gasteiger partial charge in [0, 0.05) is 18.2 Å². The van der Waals surface area contributed by atoms with Gasteiger partial charge in [0.25, 0.3) is 0 Å². The quantitative estimate of drug-likeness (QED) is 0.854. The van der Waals surface area contributed by atoms with Crippen LogP contribution in [-0.2, 0) is 0 Å². The molecule has 1 aromatic heterocycles. The van der Waals surface area contributed by atoms with Crippen LogP contribution in [0, 0.1) is 11.3 Å². The van der Waals surface area contributed by atoms with Crippen LogP contribution in [0.1, 0.15) is 55.9 Å². The number of rotatable bonds is 3.